The number of piperazine rings is 1. The van der Waals surface area contributed by atoms with Crippen molar-refractivity contribution in [2.45, 2.75) is 19.4 Å². The molecule has 1 aliphatic heterocycles. The predicted octanol–water partition coefficient (Wildman–Crippen LogP) is -0.502. The molecule has 1 fully saturated rings. The van der Waals surface area contributed by atoms with Crippen LogP contribution in [0.5, 0.6) is 0 Å². The molecule has 0 aliphatic carbocycles. The molecular weight excluding hydrogens is 166 g/mol. The summed E-state index contributed by atoms with van der Waals surface area (Å²) in [6.45, 7) is 5.98. The summed E-state index contributed by atoms with van der Waals surface area (Å²) in [6, 6.07) is -0.0614. The van der Waals surface area contributed by atoms with Gasteiger partial charge in [-0.3, -0.25) is 9.69 Å². The fourth-order valence-corrected chi connectivity index (χ4v) is 1.77. The highest BCUT2D eigenvalue weighted by atomic mass is 16.1. The Morgan fingerprint density at radius 2 is 1.92 bits per heavy atom. The zero-order valence-electron chi connectivity index (χ0n) is 8.49. The maximum absolute atomic E-state index is 11.1. The molecule has 1 heterocycles. The maximum Gasteiger partial charge on any atom is 0.234 e. The third kappa shape index (κ3) is 2.67. The van der Waals surface area contributed by atoms with Crippen molar-refractivity contribution in [1.82, 2.24) is 9.80 Å². The fraction of sp³-hybridized carbons (Fsp3) is 0.889. The molecule has 4 nitrogen and oxygen atoms in total. The van der Waals surface area contributed by atoms with Crippen molar-refractivity contribution in [3.63, 3.8) is 0 Å². The standard InChI is InChI=1S/C9H19N3O/c1-3-8(9(10)13)12-6-4-11(2)5-7-12/h8H,3-7H2,1-2H3,(H2,10,13). The lowest BCUT2D eigenvalue weighted by Gasteiger charge is -2.36. The van der Waals surface area contributed by atoms with Crippen molar-refractivity contribution in [3.05, 3.63) is 0 Å². The van der Waals surface area contributed by atoms with Gasteiger partial charge in [0.05, 0.1) is 6.04 Å². The number of hydrogen-bond donors (Lipinski definition) is 1. The van der Waals surface area contributed by atoms with Gasteiger partial charge in [0, 0.05) is 26.2 Å². The molecule has 0 aromatic rings. The quantitative estimate of drug-likeness (QED) is 0.645. The number of nitrogens with zero attached hydrogens (tertiary/aromatic N) is 2. The number of carbonyl (C=O) groups is 1. The van der Waals surface area contributed by atoms with Crippen LogP contribution in [0.4, 0.5) is 0 Å². The second kappa shape index (κ2) is 4.58. The van der Waals surface area contributed by atoms with E-state index in [2.05, 4.69) is 16.8 Å². The summed E-state index contributed by atoms with van der Waals surface area (Å²) in [4.78, 5) is 15.5. The highest BCUT2D eigenvalue weighted by Gasteiger charge is 2.24. The van der Waals surface area contributed by atoms with E-state index in [4.69, 9.17) is 5.73 Å². The molecule has 13 heavy (non-hydrogen) atoms. The Bertz CT molecular complexity index is 176. The molecular formula is C9H19N3O. The van der Waals surface area contributed by atoms with Crippen LogP contribution in [0, 0.1) is 0 Å². The lowest BCUT2D eigenvalue weighted by molar-refractivity contribution is -0.124. The number of carbonyl (C=O) groups excluding carboxylic acids is 1. The first-order valence-electron chi connectivity index (χ1n) is 4.87. The minimum Gasteiger partial charge on any atom is -0.368 e. The van der Waals surface area contributed by atoms with Gasteiger partial charge < -0.3 is 10.6 Å². The SMILES string of the molecule is CCC(C(N)=O)N1CCN(C)CC1. The highest BCUT2D eigenvalue weighted by Crippen LogP contribution is 2.07. The van der Waals surface area contributed by atoms with Crippen LogP contribution in [0.25, 0.3) is 0 Å². The molecule has 1 unspecified atom stereocenters. The van der Waals surface area contributed by atoms with Crippen LogP contribution in [-0.2, 0) is 4.79 Å². The van der Waals surface area contributed by atoms with Crippen molar-refractivity contribution in [2.24, 2.45) is 5.73 Å². The summed E-state index contributed by atoms with van der Waals surface area (Å²) in [6.07, 6.45) is 0.818. The number of likely N-dealkylation sites (N-methyl/N-ethyl adjacent to an activating group) is 1. The molecule has 0 aromatic heterocycles. The van der Waals surface area contributed by atoms with Crippen LogP contribution in [0.2, 0.25) is 0 Å². The van der Waals surface area contributed by atoms with Gasteiger partial charge in [0.15, 0.2) is 0 Å². The molecule has 1 rings (SSSR count). The Morgan fingerprint density at radius 3 is 2.31 bits per heavy atom. The first-order valence-corrected chi connectivity index (χ1v) is 4.87. The van der Waals surface area contributed by atoms with E-state index in [1.165, 1.54) is 0 Å². The molecule has 1 saturated heterocycles. The summed E-state index contributed by atoms with van der Waals surface area (Å²) < 4.78 is 0. The first kappa shape index (κ1) is 10.5. The van der Waals surface area contributed by atoms with Gasteiger partial charge in [-0.1, -0.05) is 6.92 Å². The van der Waals surface area contributed by atoms with Crippen molar-refractivity contribution in [1.29, 1.82) is 0 Å². The molecule has 0 spiro atoms. The first-order chi connectivity index (χ1) is 6.15. The van der Waals surface area contributed by atoms with Crippen LogP contribution in [0.15, 0.2) is 0 Å². The molecule has 0 saturated carbocycles. The van der Waals surface area contributed by atoms with E-state index in [0.29, 0.717) is 0 Å². The fourth-order valence-electron chi connectivity index (χ4n) is 1.77. The van der Waals surface area contributed by atoms with Crippen LogP contribution < -0.4 is 5.73 Å². The maximum atomic E-state index is 11.1. The van der Waals surface area contributed by atoms with Gasteiger partial charge in [0.2, 0.25) is 5.91 Å². The van der Waals surface area contributed by atoms with E-state index in [1.807, 2.05) is 6.92 Å². The van der Waals surface area contributed by atoms with Crippen LogP contribution in [0.3, 0.4) is 0 Å². The van der Waals surface area contributed by atoms with E-state index in [0.717, 1.165) is 32.6 Å². The molecule has 1 aliphatic rings. The summed E-state index contributed by atoms with van der Waals surface area (Å²) in [7, 11) is 2.10. The van der Waals surface area contributed by atoms with Gasteiger partial charge in [0.25, 0.3) is 0 Å². The third-order valence-corrected chi connectivity index (χ3v) is 2.69. The third-order valence-electron chi connectivity index (χ3n) is 2.69. The van der Waals surface area contributed by atoms with Crippen LogP contribution in [0.1, 0.15) is 13.3 Å². The van der Waals surface area contributed by atoms with Gasteiger partial charge in [-0.05, 0) is 13.5 Å². The van der Waals surface area contributed by atoms with Crippen LogP contribution in [-0.4, -0.2) is 55.0 Å². The van der Waals surface area contributed by atoms with Crippen molar-refractivity contribution < 1.29 is 4.79 Å². The molecule has 2 N–H and O–H groups in total. The van der Waals surface area contributed by atoms with Gasteiger partial charge in [-0.15, -0.1) is 0 Å². The highest BCUT2D eigenvalue weighted by molar-refractivity contribution is 5.79. The molecule has 0 aromatic carbocycles. The molecule has 1 atom stereocenters. The van der Waals surface area contributed by atoms with E-state index in [1.54, 1.807) is 0 Å². The number of primary amides is 1. The van der Waals surface area contributed by atoms with E-state index in [-0.39, 0.29) is 11.9 Å². The molecule has 76 valence electrons. The minimum absolute atomic E-state index is 0.0614. The smallest absolute Gasteiger partial charge is 0.234 e. The molecule has 0 bridgehead atoms. The van der Waals surface area contributed by atoms with Gasteiger partial charge in [-0.25, -0.2) is 0 Å². The Hall–Kier alpha value is -0.610. The number of amides is 1. The largest absolute Gasteiger partial charge is 0.368 e. The monoisotopic (exact) mass is 185 g/mol. The van der Waals surface area contributed by atoms with Crippen molar-refractivity contribution >= 4 is 5.91 Å². The van der Waals surface area contributed by atoms with Gasteiger partial charge in [0.1, 0.15) is 0 Å². The molecule has 0 radical (unpaired) electrons. The minimum atomic E-state index is -0.188. The second-order valence-corrected chi connectivity index (χ2v) is 3.67. The zero-order chi connectivity index (χ0) is 9.84. The topological polar surface area (TPSA) is 49.6 Å². The average molecular weight is 185 g/mol. The number of hydrogen-bond acceptors (Lipinski definition) is 3. The average Bonchev–Trinajstić information content (AvgIpc) is 2.09. The Kier molecular flexibility index (Phi) is 3.69. The van der Waals surface area contributed by atoms with E-state index in [9.17, 15) is 4.79 Å². The van der Waals surface area contributed by atoms with Crippen molar-refractivity contribution in [3.8, 4) is 0 Å². The normalized spacial score (nSPS) is 22.9. The molecule has 1 amide bonds. The number of rotatable bonds is 3. The summed E-state index contributed by atoms with van der Waals surface area (Å²) in [5.74, 6) is -0.188. The second-order valence-electron chi connectivity index (χ2n) is 3.67. The lowest BCUT2D eigenvalue weighted by atomic mass is 10.1. The lowest BCUT2D eigenvalue weighted by Crippen LogP contribution is -2.53. The Labute approximate surface area is 79.7 Å². The van der Waals surface area contributed by atoms with Crippen LogP contribution >= 0.6 is 0 Å². The summed E-state index contributed by atoms with van der Waals surface area (Å²) in [5, 5.41) is 0. The summed E-state index contributed by atoms with van der Waals surface area (Å²) in [5.41, 5.74) is 5.32. The van der Waals surface area contributed by atoms with Crippen molar-refractivity contribution in [2.75, 3.05) is 33.2 Å². The molecule has 4 heteroatoms. The van der Waals surface area contributed by atoms with Gasteiger partial charge in [-0.2, -0.15) is 0 Å². The zero-order valence-corrected chi connectivity index (χ0v) is 8.49. The summed E-state index contributed by atoms with van der Waals surface area (Å²) >= 11 is 0. The van der Waals surface area contributed by atoms with Gasteiger partial charge >= 0.3 is 0 Å². The van der Waals surface area contributed by atoms with E-state index < -0.39 is 0 Å². The Balaban J connectivity index is 2.46. The Morgan fingerprint density at radius 1 is 1.38 bits per heavy atom. The number of nitrogens with two attached hydrogens (primary N) is 1. The predicted molar refractivity (Wildman–Crippen MR) is 52.3 cm³/mol. The van der Waals surface area contributed by atoms with E-state index >= 15 is 0 Å².